The van der Waals surface area contributed by atoms with Crippen molar-refractivity contribution in [1.29, 1.82) is 5.26 Å². The predicted molar refractivity (Wildman–Crippen MR) is 58.4 cm³/mol. The summed E-state index contributed by atoms with van der Waals surface area (Å²) < 4.78 is 10.3. The maximum absolute atomic E-state index is 8.81. The van der Waals surface area contributed by atoms with Gasteiger partial charge in [0, 0.05) is 12.6 Å². The SMILES string of the molecule is COc1cccc(N2CCOC(C#N)C2)n1. The molecule has 1 fully saturated rings. The fourth-order valence-electron chi connectivity index (χ4n) is 1.63. The smallest absolute Gasteiger partial charge is 0.214 e. The van der Waals surface area contributed by atoms with Crippen LogP contribution in [0, 0.1) is 11.3 Å². The highest BCUT2D eigenvalue weighted by Crippen LogP contribution is 2.18. The van der Waals surface area contributed by atoms with Crippen molar-refractivity contribution in [2.75, 3.05) is 31.7 Å². The molecule has 2 heterocycles. The van der Waals surface area contributed by atoms with Gasteiger partial charge in [-0.2, -0.15) is 10.2 Å². The Morgan fingerprint density at radius 2 is 2.50 bits per heavy atom. The third kappa shape index (κ3) is 2.23. The van der Waals surface area contributed by atoms with E-state index in [1.165, 1.54) is 0 Å². The molecule has 1 aliphatic rings. The lowest BCUT2D eigenvalue weighted by Gasteiger charge is -2.30. The number of anilines is 1. The molecule has 0 aromatic carbocycles. The Morgan fingerprint density at radius 3 is 3.25 bits per heavy atom. The number of hydrogen-bond donors (Lipinski definition) is 0. The molecule has 0 radical (unpaired) electrons. The summed E-state index contributed by atoms with van der Waals surface area (Å²) in [5.41, 5.74) is 0. The molecule has 0 spiro atoms. The van der Waals surface area contributed by atoms with Crippen molar-refractivity contribution >= 4 is 5.82 Å². The third-order valence-electron chi connectivity index (χ3n) is 2.45. The van der Waals surface area contributed by atoms with E-state index >= 15 is 0 Å². The summed E-state index contributed by atoms with van der Waals surface area (Å²) in [4.78, 5) is 6.35. The third-order valence-corrected chi connectivity index (χ3v) is 2.45. The number of methoxy groups -OCH3 is 1. The lowest BCUT2D eigenvalue weighted by atomic mass is 10.3. The minimum Gasteiger partial charge on any atom is -0.481 e. The van der Waals surface area contributed by atoms with Gasteiger partial charge < -0.3 is 14.4 Å². The summed E-state index contributed by atoms with van der Waals surface area (Å²) in [7, 11) is 1.59. The van der Waals surface area contributed by atoms with Gasteiger partial charge in [-0.1, -0.05) is 6.07 Å². The number of aromatic nitrogens is 1. The van der Waals surface area contributed by atoms with Crippen LogP contribution in [0.1, 0.15) is 0 Å². The van der Waals surface area contributed by atoms with Crippen molar-refractivity contribution in [2.24, 2.45) is 0 Å². The van der Waals surface area contributed by atoms with Gasteiger partial charge in [0.25, 0.3) is 0 Å². The van der Waals surface area contributed by atoms with Crippen LogP contribution in [0.25, 0.3) is 0 Å². The summed E-state index contributed by atoms with van der Waals surface area (Å²) in [5.74, 6) is 1.40. The number of hydrogen-bond acceptors (Lipinski definition) is 5. The van der Waals surface area contributed by atoms with Crippen LogP contribution in [0.4, 0.5) is 5.82 Å². The van der Waals surface area contributed by atoms with Gasteiger partial charge in [0.05, 0.1) is 26.3 Å². The van der Waals surface area contributed by atoms with Gasteiger partial charge in [-0.3, -0.25) is 0 Å². The second-order valence-electron chi connectivity index (χ2n) is 3.47. The summed E-state index contributed by atoms with van der Waals surface area (Å²) in [6.45, 7) is 1.85. The highest BCUT2D eigenvalue weighted by atomic mass is 16.5. The van der Waals surface area contributed by atoms with Crippen molar-refractivity contribution in [2.45, 2.75) is 6.10 Å². The Balaban J connectivity index is 2.14. The molecular weight excluding hydrogens is 206 g/mol. The van der Waals surface area contributed by atoms with Gasteiger partial charge in [-0.25, -0.2) is 0 Å². The molecule has 16 heavy (non-hydrogen) atoms. The van der Waals surface area contributed by atoms with Crippen LogP contribution in [0.5, 0.6) is 5.88 Å². The van der Waals surface area contributed by atoms with Crippen LogP contribution >= 0.6 is 0 Å². The average molecular weight is 219 g/mol. The summed E-state index contributed by atoms with van der Waals surface area (Å²) in [6, 6.07) is 7.70. The molecule has 1 aromatic rings. The zero-order chi connectivity index (χ0) is 11.4. The first kappa shape index (κ1) is 10.7. The van der Waals surface area contributed by atoms with Crippen LogP contribution in [-0.4, -0.2) is 37.9 Å². The molecule has 1 aromatic heterocycles. The Hall–Kier alpha value is -1.80. The van der Waals surface area contributed by atoms with Crippen molar-refractivity contribution in [3.63, 3.8) is 0 Å². The second-order valence-corrected chi connectivity index (χ2v) is 3.47. The number of pyridine rings is 1. The van der Waals surface area contributed by atoms with Crippen LogP contribution < -0.4 is 9.64 Å². The molecule has 1 aliphatic heterocycles. The number of ether oxygens (including phenoxy) is 2. The van der Waals surface area contributed by atoms with Crippen molar-refractivity contribution in [3.8, 4) is 11.9 Å². The van der Waals surface area contributed by atoms with E-state index in [0.717, 1.165) is 12.4 Å². The van der Waals surface area contributed by atoms with Gasteiger partial charge in [-0.05, 0) is 6.07 Å². The fraction of sp³-hybridized carbons (Fsp3) is 0.455. The normalized spacial score (nSPS) is 20.2. The maximum Gasteiger partial charge on any atom is 0.214 e. The van der Waals surface area contributed by atoms with Gasteiger partial charge in [0.2, 0.25) is 5.88 Å². The van der Waals surface area contributed by atoms with Gasteiger partial charge in [0.15, 0.2) is 6.10 Å². The molecule has 5 heteroatoms. The second kappa shape index (κ2) is 4.81. The number of rotatable bonds is 2. The molecule has 0 saturated carbocycles. The molecule has 0 N–H and O–H groups in total. The average Bonchev–Trinajstić information content (AvgIpc) is 2.39. The van der Waals surface area contributed by atoms with Crippen LogP contribution in [0.15, 0.2) is 18.2 Å². The van der Waals surface area contributed by atoms with E-state index in [9.17, 15) is 0 Å². The molecule has 0 aliphatic carbocycles. The van der Waals surface area contributed by atoms with E-state index in [0.29, 0.717) is 19.0 Å². The van der Waals surface area contributed by atoms with Gasteiger partial charge in [0.1, 0.15) is 5.82 Å². The van der Waals surface area contributed by atoms with E-state index in [2.05, 4.69) is 11.1 Å². The lowest BCUT2D eigenvalue weighted by Crippen LogP contribution is -2.42. The molecule has 2 rings (SSSR count). The number of morpholine rings is 1. The first-order valence-corrected chi connectivity index (χ1v) is 5.10. The first-order valence-electron chi connectivity index (χ1n) is 5.10. The quantitative estimate of drug-likeness (QED) is 0.737. The molecule has 0 amide bonds. The van der Waals surface area contributed by atoms with Crippen LogP contribution in [0.2, 0.25) is 0 Å². The van der Waals surface area contributed by atoms with E-state index in [1.807, 2.05) is 17.0 Å². The standard InChI is InChI=1S/C11H13N3O2/c1-15-11-4-2-3-10(13-11)14-5-6-16-9(7-12)8-14/h2-4,9H,5-6,8H2,1H3. The van der Waals surface area contributed by atoms with Crippen LogP contribution in [-0.2, 0) is 4.74 Å². The first-order chi connectivity index (χ1) is 7.83. The van der Waals surface area contributed by atoms with E-state index in [1.54, 1.807) is 13.2 Å². The minimum atomic E-state index is -0.373. The topological polar surface area (TPSA) is 58.4 Å². The van der Waals surface area contributed by atoms with E-state index in [4.69, 9.17) is 14.7 Å². The van der Waals surface area contributed by atoms with Crippen LogP contribution in [0.3, 0.4) is 0 Å². The minimum absolute atomic E-state index is 0.373. The Kier molecular flexibility index (Phi) is 3.22. The highest BCUT2D eigenvalue weighted by molar-refractivity contribution is 5.41. The largest absolute Gasteiger partial charge is 0.481 e. The van der Waals surface area contributed by atoms with E-state index < -0.39 is 0 Å². The maximum atomic E-state index is 8.81. The zero-order valence-corrected chi connectivity index (χ0v) is 9.09. The highest BCUT2D eigenvalue weighted by Gasteiger charge is 2.20. The molecule has 0 bridgehead atoms. The summed E-state index contributed by atoms with van der Waals surface area (Å²) in [6.07, 6.45) is -0.373. The fourth-order valence-corrected chi connectivity index (χ4v) is 1.63. The molecule has 1 atom stereocenters. The summed E-state index contributed by atoms with van der Waals surface area (Å²) >= 11 is 0. The van der Waals surface area contributed by atoms with Crippen molar-refractivity contribution in [3.05, 3.63) is 18.2 Å². The molecule has 1 saturated heterocycles. The molecule has 5 nitrogen and oxygen atoms in total. The lowest BCUT2D eigenvalue weighted by molar-refractivity contribution is 0.0761. The Bertz CT molecular complexity index is 402. The Morgan fingerprint density at radius 1 is 1.62 bits per heavy atom. The summed E-state index contributed by atoms with van der Waals surface area (Å²) in [5, 5.41) is 8.81. The van der Waals surface area contributed by atoms with Crippen molar-refractivity contribution in [1.82, 2.24) is 4.98 Å². The predicted octanol–water partition coefficient (Wildman–Crippen LogP) is 0.819. The number of nitrogens with zero attached hydrogens (tertiary/aromatic N) is 3. The van der Waals surface area contributed by atoms with E-state index in [-0.39, 0.29) is 6.10 Å². The zero-order valence-electron chi connectivity index (χ0n) is 9.09. The molecule has 84 valence electrons. The Labute approximate surface area is 94.2 Å². The van der Waals surface area contributed by atoms with Crippen molar-refractivity contribution < 1.29 is 9.47 Å². The number of nitriles is 1. The van der Waals surface area contributed by atoms with Gasteiger partial charge in [-0.15, -0.1) is 0 Å². The van der Waals surface area contributed by atoms with Gasteiger partial charge >= 0.3 is 0 Å². The monoisotopic (exact) mass is 219 g/mol. The molecule has 1 unspecified atom stereocenters. The molecular formula is C11H13N3O2.